The summed E-state index contributed by atoms with van der Waals surface area (Å²) in [4.78, 5) is 26.2. The van der Waals surface area contributed by atoms with Crippen molar-refractivity contribution >= 4 is 23.7 Å². The molecule has 1 saturated heterocycles. The zero-order valence-electron chi connectivity index (χ0n) is 26.1. The summed E-state index contributed by atoms with van der Waals surface area (Å²) in [6.07, 6.45) is -0.642. The van der Waals surface area contributed by atoms with Crippen LogP contribution in [0.2, 0.25) is 5.02 Å². The van der Waals surface area contributed by atoms with E-state index in [0.29, 0.717) is 24.7 Å². The third-order valence-corrected chi connectivity index (χ3v) is 8.23. The molecule has 0 radical (unpaired) electrons. The van der Waals surface area contributed by atoms with Gasteiger partial charge in [-0.1, -0.05) is 67.1 Å². The quantitative estimate of drug-likeness (QED) is 0.180. The van der Waals surface area contributed by atoms with Crippen LogP contribution in [0, 0.1) is 0 Å². The lowest BCUT2D eigenvalue weighted by atomic mass is 9.92. The highest BCUT2D eigenvalue weighted by molar-refractivity contribution is 6.33. The fourth-order valence-corrected chi connectivity index (χ4v) is 5.75. The number of nitrogens with one attached hydrogen (secondary N) is 3. The van der Waals surface area contributed by atoms with Gasteiger partial charge in [0, 0.05) is 36.3 Å². The Bertz CT molecular complexity index is 1410. The number of hydrogen-bond donors (Lipinski definition) is 4. The molecule has 4 rings (SSSR count). The van der Waals surface area contributed by atoms with Crippen LogP contribution in [0.1, 0.15) is 29.7 Å². The summed E-state index contributed by atoms with van der Waals surface area (Å²) >= 11 is 6.81. The van der Waals surface area contributed by atoms with E-state index in [0.717, 1.165) is 40.8 Å². The summed E-state index contributed by atoms with van der Waals surface area (Å²) in [5.74, 6) is 0.801. The van der Waals surface area contributed by atoms with Gasteiger partial charge in [0.15, 0.2) is 0 Å². The lowest BCUT2D eigenvalue weighted by Gasteiger charge is -2.38. The summed E-state index contributed by atoms with van der Waals surface area (Å²) in [5, 5.41) is 18.3. The number of methoxy groups -OCH3 is 1. The van der Waals surface area contributed by atoms with Gasteiger partial charge in [-0.15, -0.1) is 0 Å². The molecule has 0 aliphatic carbocycles. The Morgan fingerprint density at radius 3 is 2.58 bits per heavy atom. The zero-order chi connectivity index (χ0) is 32.2. The molecule has 0 bridgehead atoms. The lowest BCUT2D eigenvalue weighted by molar-refractivity contribution is -0.105. The Balaban J connectivity index is 1.50. The molecular formula is C34H43ClN4O6. The fourth-order valence-electron chi connectivity index (χ4n) is 5.46. The number of ether oxygens (including phenoxy) is 3. The molecule has 0 aromatic heterocycles. The van der Waals surface area contributed by atoms with Crippen LogP contribution in [0.3, 0.4) is 0 Å². The molecule has 4 N–H and O–H groups in total. The summed E-state index contributed by atoms with van der Waals surface area (Å²) in [7, 11) is 3.52. The topological polar surface area (TPSA) is 121 Å². The minimum atomic E-state index is -1.13. The maximum absolute atomic E-state index is 13.4. The zero-order valence-corrected chi connectivity index (χ0v) is 26.8. The molecule has 0 spiro atoms. The van der Waals surface area contributed by atoms with E-state index in [9.17, 15) is 9.59 Å². The minimum absolute atomic E-state index is 0.0323. The van der Waals surface area contributed by atoms with Crippen molar-refractivity contribution in [3.63, 3.8) is 0 Å². The second kappa shape index (κ2) is 17.0. The molecular weight excluding hydrogens is 596 g/mol. The monoisotopic (exact) mass is 638 g/mol. The number of amides is 3. The van der Waals surface area contributed by atoms with Crippen LogP contribution in [0.15, 0.2) is 66.7 Å². The first-order chi connectivity index (χ1) is 21.8. The molecule has 3 aromatic carbocycles. The van der Waals surface area contributed by atoms with E-state index in [-0.39, 0.29) is 31.8 Å². The Kier molecular flexibility index (Phi) is 12.9. The number of morpholine rings is 1. The SMILES string of the molecule is CCc1cccc(-c2c(Cl)cccc2C(OCCNC(=O)O)[C@H]2CN(C(=O)NC[C@@H](Cc3ccc(OC)cc3)NC)CCO2)c1. The van der Waals surface area contributed by atoms with Crippen LogP contribution in [-0.2, 0) is 22.3 Å². The molecule has 0 saturated carbocycles. The molecule has 3 atom stereocenters. The number of halogens is 1. The molecule has 1 aliphatic heterocycles. The minimum Gasteiger partial charge on any atom is -0.497 e. The standard InChI is InChI=1S/C34H43ClN4O6/c1-4-23-7-5-8-25(19-23)31-28(9-6-10-29(31)35)32(45-17-15-37-34(41)42)30-22-39(16-18-44-30)33(40)38-21-26(36-2)20-24-11-13-27(43-3)14-12-24/h5-14,19,26,30,32,36-37H,4,15-18,20-22H2,1-3H3,(H,38,40)(H,41,42)/t26-,30-,32?/m1/s1. The van der Waals surface area contributed by atoms with Crippen molar-refractivity contribution in [2.75, 3.05) is 53.6 Å². The van der Waals surface area contributed by atoms with Gasteiger partial charge < -0.3 is 40.2 Å². The van der Waals surface area contributed by atoms with E-state index in [1.165, 1.54) is 5.56 Å². The highest BCUT2D eigenvalue weighted by Gasteiger charge is 2.34. The number of likely N-dealkylation sites (N-methyl/N-ethyl adjacent to an activating group) is 1. The maximum Gasteiger partial charge on any atom is 0.404 e. The van der Waals surface area contributed by atoms with Gasteiger partial charge in [0.25, 0.3) is 0 Å². The first kappa shape index (κ1) is 34.1. The normalized spacial score (nSPS) is 16.1. The van der Waals surface area contributed by atoms with Gasteiger partial charge in [0.05, 0.1) is 26.9 Å². The number of carbonyl (C=O) groups is 2. The van der Waals surface area contributed by atoms with Gasteiger partial charge >= 0.3 is 12.1 Å². The first-order valence-electron chi connectivity index (χ1n) is 15.2. The van der Waals surface area contributed by atoms with Crippen molar-refractivity contribution < 1.29 is 28.9 Å². The van der Waals surface area contributed by atoms with Crippen LogP contribution in [0.5, 0.6) is 5.75 Å². The maximum atomic E-state index is 13.4. The third-order valence-electron chi connectivity index (χ3n) is 7.92. The lowest BCUT2D eigenvalue weighted by Crippen LogP contribution is -2.53. The molecule has 3 aromatic rings. The van der Waals surface area contributed by atoms with E-state index in [1.54, 1.807) is 12.0 Å². The van der Waals surface area contributed by atoms with Gasteiger partial charge in [-0.2, -0.15) is 0 Å². The predicted octanol–water partition coefficient (Wildman–Crippen LogP) is 5.14. The van der Waals surface area contributed by atoms with Gasteiger partial charge in [-0.3, -0.25) is 0 Å². The van der Waals surface area contributed by atoms with Crippen molar-refractivity contribution in [1.29, 1.82) is 0 Å². The molecule has 10 nitrogen and oxygen atoms in total. The Morgan fingerprint density at radius 2 is 1.87 bits per heavy atom. The number of carboxylic acid groups (broad SMARTS) is 1. The average molecular weight is 639 g/mol. The number of hydrogen-bond acceptors (Lipinski definition) is 6. The highest BCUT2D eigenvalue weighted by Crippen LogP contribution is 2.39. The number of rotatable bonds is 14. The van der Waals surface area contributed by atoms with Gasteiger partial charge in [0.1, 0.15) is 18.0 Å². The third kappa shape index (κ3) is 9.58. The van der Waals surface area contributed by atoms with Crippen LogP contribution >= 0.6 is 11.6 Å². The number of nitrogens with zero attached hydrogens (tertiary/aromatic N) is 1. The van der Waals surface area contributed by atoms with Crippen LogP contribution in [-0.4, -0.2) is 87.8 Å². The Morgan fingerprint density at radius 1 is 1.09 bits per heavy atom. The Hall–Kier alpha value is -3.83. The van der Waals surface area contributed by atoms with E-state index in [4.69, 9.17) is 30.9 Å². The first-order valence-corrected chi connectivity index (χ1v) is 15.6. The predicted molar refractivity (Wildman–Crippen MR) is 175 cm³/mol. The molecule has 45 heavy (non-hydrogen) atoms. The second-order valence-corrected chi connectivity index (χ2v) is 11.3. The van der Waals surface area contributed by atoms with Crippen LogP contribution in [0.4, 0.5) is 9.59 Å². The van der Waals surface area contributed by atoms with Crippen LogP contribution in [0.25, 0.3) is 11.1 Å². The second-order valence-electron chi connectivity index (χ2n) is 10.9. The van der Waals surface area contributed by atoms with Crippen molar-refractivity contribution in [2.45, 2.75) is 38.0 Å². The molecule has 242 valence electrons. The highest BCUT2D eigenvalue weighted by atomic mass is 35.5. The van der Waals surface area contributed by atoms with Gasteiger partial charge in [-0.25, -0.2) is 9.59 Å². The molecule has 1 fully saturated rings. The van der Waals surface area contributed by atoms with E-state index < -0.39 is 18.3 Å². The molecule has 11 heteroatoms. The molecule has 1 aliphatic rings. The molecule has 1 unspecified atom stereocenters. The van der Waals surface area contributed by atoms with Crippen molar-refractivity contribution in [1.82, 2.24) is 20.9 Å². The van der Waals surface area contributed by atoms with E-state index in [1.807, 2.05) is 61.6 Å². The van der Waals surface area contributed by atoms with E-state index >= 15 is 0 Å². The van der Waals surface area contributed by atoms with E-state index in [2.05, 4.69) is 35.0 Å². The van der Waals surface area contributed by atoms with Gasteiger partial charge in [-0.05, 0) is 60.3 Å². The Labute approximate surface area is 270 Å². The molecule has 1 heterocycles. The van der Waals surface area contributed by atoms with Gasteiger partial charge in [0.2, 0.25) is 0 Å². The number of aryl methyl sites for hydroxylation is 1. The summed E-state index contributed by atoms with van der Waals surface area (Å²) in [5.41, 5.74) is 4.90. The largest absolute Gasteiger partial charge is 0.497 e. The number of carbonyl (C=O) groups excluding carboxylic acids is 1. The summed E-state index contributed by atoms with van der Waals surface area (Å²) in [6, 6.07) is 21.6. The summed E-state index contributed by atoms with van der Waals surface area (Å²) < 4.78 is 17.8. The molecule has 3 amide bonds. The smallest absolute Gasteiger partial charge is 0.404 e. The number of benzene rings is 3. The fraction of sp³-hybridized carbons (Fsp3) is 0.412. The van der Waals surface area contributed by atoms with Crippen molar-refractivity contribution in [3.05, 3.63) is 88.4 Å². The van der Waals surface area contributed by atoms with Crippen molar-refractivity contribution in [2.24, 2.45) is 0 Å². The number of urea groups is 1. The van der Waals surface area contributed by atoms with Crippen molar-refractivity contribution in [3.8, 4) is 16.9 Å². The average Bonchev–Trinajstić information content (AvgIpc) is 3.06. The summed E-state index contributed by atoms with van der Waals surface area (Å²) in [6.45, 7) is 3.79. The van der Waals surface area contributed by atoms with Crippen LogP contribution < -0.4 is 20.7 Å².